The molecule has 130 valence electrons. The van der Waals surface area contributed by atoms with E-state index in [-0.39, 0.29) is 0 Å². The van der Waals surface area contributed by atoms with Crippen LogP contribution in [0.25, 0.3) is 0 Å². The van der Waals surface area contributed by atoms with Gasteiger partial charge in [0.2, 0.25) is 5.89 Å². The highest BCUT2D eigenvalue weighted by molar-refractivity contribution is 5.79. The Balaban J connectivity index is 1.78. The Hall–Kier alpha value is -2.37. The average molecular weight is 329 g/mol. The molecule has 0 fully saturated rings. The number of benzene rings is 1. The number of hydrogen-bond donors (Lipinski definition) is 1. The SMILES string of the molecule is CC(C)c1noc(CCCNC(=NCc2ccccc2)N(C)C)n1. The lowest BCUT2D eigenvalue weighted by Crippen LogP contribution is -2.37. The number of aromatic nitrogens is 2. The second-order valence-corrected chi connectivity index (χ2v) is 6.25. The molecule has 0 saturated heterocycles. The molecule has 1 N–H and O–H groups in total. The van der Waals surface area contributed by atoms with Gasteiger partial charge in [-0.3, -0.25) is 0 Å². The molecule has 0 bridgehead atoms. The van der Waals surface area contributed by atoms with E-state index in [1.165, 1.54) is 5.56 Å². The van der Waals surface area contributed by atoms with Gasteiger partial charge in [-0.15, -0.1) is 0 Å². The minimum atomic E-state index is 0.297. The first-order chi connectivity index (χ1) is 11.6. The largest absolute Gasteiger partial charge is 0.356 e. The number of aryl methyl sites for hydroxylation is 1. The minimum absolute atomic E-state index is 0.297. The monoisotopic (exact) mass is 329 g/mol. The molecular weight excluding hydrogens is 302 g/mol. The summed E-state index contributed by atoms with van der Waals surface area (Å²) in [6.45, 7) is 5.60. The van der Waals surface area contributed by atoms with Crippen LogP contribution in [0.5, 0.6) is 0 Å². The van der Waals surface area contributed by atoms with E-state index in [0.717, 1.165) is 31.2 Å². The average Bonchev–Trinajstić information content (AvgIpc) is 3.04. The number of nitrogens with zero attached hydrogens (tertiary/aromatic N) is 4. The molecule has 6 heteroatoms. The summed E-state index contributed by atoms with van der Waals surface area (Å²) in [4.78, 5) is 11.0. The molecule has 2 rings (SSSR count). The molecule has 0 atom stereocenters. The van der Waals surface area contributed by atoms with Crippen LogP contribution in [0.15, 0.2) is 39.8 Å². The molecule has 24 heavy (non-hydrogen) atoms. The van der Waals surface area contributed by atoms with Gasteiger partial charge in [-0.1, -0.05) is 49.3 Å². The van der Waals surface area contributed by atoms with Crippen molar-refractivity contribution < 1.29 is 4.52 Å². The van der Waals surface area contributed by atoms with Crippen molar-refractivity contribution in [2.75, 3.05) is 20.6 Å². The highest BCUT2D eigenvalue weighted by Crippen LogP contribution is 2.10. The molecule has 0 aliphatic heterocycles. The Kier molecular flexibility index (Phi) is 6.78. The molecule has 0 radical (unpaired) electrons. The van der Waals surface area contributed by atoms with Crippen molar-refractivity contribution in [2.45, 2.75) is 39.2 Å². The molecule has 1 aromatic heterocycles. The summed E-state index contributed by atoms with van der Waals surface area (Å²) in [5, 5.41) is 7.36. The number of nitrogens with one attached hydrogen (secondary N) is 1. The van der Waals surface area contributed by atoms with Crippen molar-refractivity contribution in [1.29, 1.82) is 0 Å². The fourth-order valence-corrected chi connectivity index (χ4v) is 2.15. The Bertz CT molecular complexity index is 634. The van der Waals surface area contributed by atoms with Crippen LogP contribution in [0, 0.1) is 0 Å². The van der Waals surface area contributed by atoms with Crippen LogP contribution >= 0.6 is 0 Å². The summed E-state index contributed by atoms with van der Waals surface area (Å²) in [7, 11) is 3.98. The Morgan fingerprint density at radius 2 is 2.00 bits per heavy atom. The van der Waals surface area contributed by atoms with E-state index in [1.54, 1.807) is 0 Å². The zero-order chi connectivity index (χ0) is 17.4. The lowest BCUT2D eigenvalue weighted by molar-refractivity contribution is 0.368. The van der Waals surface area contributed by atoms with E-state index in [2.05, 4.69) is 46.4 Å². The number of hydrogen-bond acceptors (Lipinski definition) is 4. The van der Waals surface area contributed by atoms with Crippen molar-refractivity contribution in [3.63, 3.8) is 0 Å². The zero-order valence-electron chi connectivity index (χ0n) is 15.0. The lowest BCUT2D eigenvalue weighted by atomic mass is 10.2. The first kappa shape index (κ1) is 18.0. The van der Waals surface area contributed by atoms with Crippen molar-refractivity contribution in [3.05, 3.63) is 47.6 Å². The fraction of sp³-hybridized carbons (Fsp3) is 0.500. The molecular formula is C18H27N5O. The molecule has 6 nitrogen and oxygen atoms in total. The molecule has 0 aliphatic rings. The van der Waals surface area contributed by atoms with Gasteiger partial charge in [-0.25, -0.2) is 4.99 Å². The first-order valence-corrected chi connectivity index (χ1v) is 8.38. The van der Waals surface area contributed by atoms with Gasteiger partial charge in [-0.2, -0.15) is 4.98 Å². The number of aliphatic imine (C=N–C) groups is 1. The standard InChI is InChI=1S/C18H27N5O/c1-14(2)17-21-16(24-22-17)11-8-12-19-18(23(3)4)20-13-15-9-6-5-7-10-15/h5-7,9-10,14H,8,11-13H2,1-4H3,(H,19,20). The van der Waals surface area contributed by atoms with Crippen LogP contribution in [0.3, 0.4) is 0 Å². The third-order valence-electron chi connectivity index (χ3n) is 3.53. The summed E-state index contributed by atoms with van der Waals surface area (Å²) in [6, 6.07) is 10.2. The summed E-state index contributed by atoms with van der Waals surface area (Å²) < 4.78 is 5.26. The van der Waals surface area contributed by atoms with Gasteiger partial charge in [0.05, 0.1) is 6.54 Å². The van der Waals surface area contributed by atoms with Gasteiger partial charge in [0.15, 0.2) is 11.8 Å². The zero-order valence-corrected chi connectivity index (χ0v) is 15.0. The van der Waals surface area contributed by atoms with Crippen LogP contribution in [0.4, 0.5) is 0 Å². The molecule has 0 aliphatic carbocycles. The van der Waals surface area contributed by atoms with Crippen LogP contribution in [0.1, 0.15) is 43.5 Å². The fourth-order valence-electron chi connectivity index (χ4n) is 2.15. The van der Waals surface area contributed by atoms with E-state index in [1.807, 2.05) is 37.2 Å². The maximum Gasteiger partial charge on any atom is 0.226 e. The van der Waals surface area contributed by atoms with Gasteiger partial charge >= 0.3 is 0 Å². The quantitative estimate of drug-likeness (QED) is 0.481. The van der Waals surface area contributed by atoms with Gasteiger partial charge < -0.3 is 14.7 Å². The third kappa shape index (κ3) is 5.68. The van der Waals surface area contributed by atoms with Crippen molar-refractivity contribution in [2.24, 2.45) is 4.99 Å². The molecule has 2 aromatic rings. The maximum absolute atomic E-state index is 5.26. The summed E-state index contributed by atoms with van der Waals surface area (Å²) >= 11 is 0. The topological polar surface area (TPSA) is 66.6 Å². The molecule has 1 heterocycles. The lowest BCUT2D eigenvalue weighted by Gasteiger charge is -2.17. The van der Waals surface area contributed by atoms with Gasteiger partial charge in [0.25, 0.3) is 0 Å². The van der Waals surface area contributed by atoms with E-state index in [9.17, 15) is 0 Å². The van der Waals surface area contributed by atoms with Gasteiger partial charge in [0.1, 0.15) is 0 Å². The van der Waals surface area contributed by atoms with E-state index < -0.39 is 0 Å². The molecule has 0 unspecified atom stereocenters. The van der Waals surface area contributed by atoms with Crippen LogP contribution < -0.4 is 5.32 Å². The smallest absolute Gasteiger partial charge is 0.226 e. The van der Waals surface area contributed by atoms with E-state index in [0.29, 0.717) is 18.4 Å². The second kappa shape index (κ2) is 9.05. The maximum atomic E-state index is 5.26. The summed E-state index contributed by atoms with van der Waals surface area (Å²) in [5.74, 6) is 2.66. The third-order valence-corrected chi connectivity index (χ3v) is 3.53. The van der Waals surface area contributed by atoms with Crippen LogP contribution in [-0.2, 0) is 13.0 Å². The predicted octanol–water partition coefficient (Wildman–Crippen LogP) is 2.83. The highest BCUT2D eigenvalue weighted by atomic mass is 16.5. The Morgan fingerprint density at radius 1 is 1.25 bits per heavy atom. The van der Waals surface area contributed by atoms with Crippen LogP contribution in [-0.4, -0.2) is 41.6 Å². The number of rotatable bonds is 7. The second-order valence-electron chi connectivity index (χ2n) is 6.25. The summed E-state index contributed by atoms with van der Waals surface area (Å²) in [6.07, 6.45) is 1.68. The highest BCUT2D eigenvalue weighted by Gasteiger charge is 2.09. The van der Waals surface area contributed by atoms with Crippen molar-refractivity contribution >= 4 is 5.96 Å². The molecule has 0 amide bonds. The summed E-state index contributed by atoms with van der Waals surface area (Å²) in [5.41, 5.74) is 1.20. The van der Waals surface area contributed by atoms with E-state index in [4.69, 9.17) is 4.52 Å². The predicted molar refractivity (Wildman–Crippen MR) is 96.0 cm³/mol. The van der Waals surface area contributed by atoms with Crippen LogP contribution in [0.2, 0.25) is 0 Å². The molecule has 1 aromatic carbocycles. The Labute approximate surface area is 144 Å². The number of guanidine groups is 1. The van der Waals surface area contributed by atoms with Gasteiger partial charge in [0, 0.05) is 33.0 Å². The van der Waals surface area contributed by atoms with E-state index >= 15 is 0 Å². The van der Waals surface area contributed by atoms with Gasteiger partial charge in [-0.05, 0) is 12.0 Å². The molecule has 0 saturated carbocycles. The van der Waals surface area contributed by atoms with Crippen molar-refractivity contribution in [1.82, 2.24) is 20.4 Å². The minimum Gasteiger partial charge on any atom is -0.356 e. The normalized spacial score (nSPS) is 11.8. The van der Waals surface area contributed by atoms with Crippen molar-refractivity contribution in [3.8, 4) is 0 Å². The molecule has 0 spiro atoms. The Morgan fingerprint density at radius 3 is 2.62 bits per heavy atom. The first-order valence-electron chi connectivity index (χ1n) is 8.38.